The molecule has 0 unspecified atom stereocenters. The first-order chi connectivity index (χ1) is 9.22. The number of halogens is 1. The molecule has 1 aromatic heterocycles. The average molecular weight is 315 g/mol. The number of benzene rings is 1. The van der Waals surface area contributed by atoms with Crippen molar-refractivity contribution in [3.63, 3.8) is 0 Å². The molecule has 0 radical (unpaired) electrons. The third-order valence-electron chi connectivity index (χ3n) is 2.34. The van der Waals surface area contributed by atoms with Crippen LogP contribution in [0.5, 0.6) is 0 Å². The fourth-order valence-corrected chi connectivity index (χ4v) is 3.82. The van der Waals surface area contributed by atoms with Gasteiger partial charge >= 0.3 is 0 Å². The highest BCUT2D eigenvalue weighted by Gasteiger charge is 2.09. The second-order valence-corrected chi connectivity index (χ2v) is 7.01. The van der Waals surface area contributed by atoms with Crippen LogP contribution in [0.2, 0.25) is 0 Å². The lowest BCUT2D eigenvalue weighted by atomic mass is 10.2. The van der Waals surface area contributed by atoms with Crippen LogP contribution < -0.4 is 5.32 Å². The molecule has 0 aliphatic heterocycles. The van der Waals surface area contributed by atoms with Crippen LogP contribution in [0.25, 0.3) is 0 Å². The summed E-state index contributed by atoms with van der Waals surface area (Å²) in [5, 5.41) is 11.2. The van der Waals surface area contributed by atoms with Crippen molar-refractivity contribution in [2.24, 2.45) is 0 Å². The Kier molecular flexibility index (Phi) is 5.62. The Labute approximate surface area is 124 Å². The minimum atomic E-state index is -0.207. The molecular weight excluding hydrogens is 301 g/mol. The maximum Gasteiger partial charge on any atom is 0.179 e. The molecule has 1 heterocycles. The number of rotatable bonds is 6. The van der Waals surface area contributed by atoms with E-state index in [2.05, 4.69) is 15.5 Å². The van der Waals surface area contributed by atoms with Gasteiger partial charge in [0.1, 0.15) is 5.82 Å². The Morgan fingerprint density at radius 3 is 2.74 bits per heavy atom. The topological polar surface area (TPSA) is 37.8 Å². The van der Waals surface area contributed by atoms with Crippen molar-refractivity contribution in [3.05, 3.63) is 29.6 Å². The molecule has 2 aromatic rings. The van der Waals surface area contributed by atoms with Crippen LogP contribution in [0.15, 0.2) is 31.8 Å². The zero-order valence-electron chi connectivity index (χ0n) is 10.6. The molecule has 0 spiro atoms. The van der Waals surface area contributed by atoms with Gasteiger partial charge in [-0.3, -0.25) is 0 Å². The smallest absolute Gasteiger partial charge is 0.179 e. The van der Waals surface area contributed by atoms with Gasteiger partial charge in [0.05, 0.1) is 4.90 Å². The zero-order valence-corrected chi connectivity index (χ0v) is 13.1. The van der Waals surface area contributed by atoms with Crippen LogP contribution in [0.4, 0.5) is 4.39 Å². The second kappa shape index (κ2) is 7.23. The molecule has 0 atom stereocenters. The van der Waals surface area contributed by atoms with E-state index in [1.807, 2.05) is 19.2 Å². The van der Waals surface area contributed by atoms with Crippen LogP contribution >= 0.6 is 34.9 Å². The molecule has 0 fully saturated rings. The Bertz CT molecular complexity index is 545. The van der Waals surface area contributed by atoms with Gasteiger partial charge in [-0.25, -0.2) is 4.39 Å². The van der Waals surface area contributed by atoms with Crippen molar-refractivity contribution < 1.29 is 4.39 Å². The minimum absolute atomic E-state index is 0.207. The maximum absolute atomic E-state index is 14.0. The number of nitrogens with one attached hydrogen (secondary N) is 1. The normalized spacial score (nSPS) is 10.9. The molecule has 0 saturated heterocycles. The Morgan fingerprint density at radius 1 is 1.32 bits per heavy atom. The Balaban J connectivity index is 2.08. The average Bonchev–Trinajstić information content (AvgIpc) is 2.87. The maximum atomic E-state index is 14.0. The van der Waals surface area contributed by atoms with E-state index in [0.29, 0.717) is 11.4 Å². The number of thioether (sulfide) groups is 1. The van der Waals surface area contributed by atoms with Crippen molar-refractivity contribution in [1.82, 2.24) is 15.5 Å². The monoisotopic (exact) mass is 315 g/mol. The van der Waals surface area contributed by atoms with E-state index >= 15 is 0 Å². The number of hydrogen-bond donors (Lipinski definition) is 1. The van der Waals surface area contributed by atoms with Gasteiger partial charge in [0.15, 0.2) is 8.68 Å². The van der Waals surface area contributed by atoms with Crippen molar-refractivity contribution in [1.29, 1.82) is 0 Å². The zero-order chi connectivity index (χ0) is 13.7. The van der Waals surface area contributed by atoms with Crippen molar-refractivity contribution >= 4 is 34.9 Å². The van der Waals surface area contributed by atoms with E-state index in [4.69, 9.17) is 0 Å². The molecule has 0 amide bonds. The number of aromatic nitrogens is 2. The molecule has 1 N–H and O–H groups in total. The van der Waals surface area contributed by atoms with Crippen molar-refractivity contribution in [3.8, 4) is 0 Å². The number of nitrogens with zero attached hydrogens (tertiary/aromatic N) is 2. The lowest BCUT2D eigenvalue weighted by Crippen LogP contribution is -2.11. The summed E-state index contributed by atoms with van der Waals surface area (Å²) in [6.45, 7) is 3.59. The van der Waals surface area contributed by atoms with E-state index in [0.717, 1.165) is 20.8 Å². The summed E-state index contributed by atoms with van der Waals surface area (Å²) in [5.41, 5.74) is 0.950. The SMILES string of the molecule is CCNCc1ccc(Sc2nnc(SC)s2)c(F)c1. The third kappa shape index (κ3) is 4.17. The van der Waals surface area contributed by atoms with E-state index in [1.54, 1.807) is 23.9 Å². The van der Waals surface area contributed by atoms with Crippen LogP contribution in [-0.2, 0) is 6.54 Å². The predicted octanol–water partition coefficient (Wildman–Crippen LogP) is 3.66. The van der Waals surface area contributed by atoms with Gasteiger partial charge in [0.25, 0.3) is 0 Å². The Hall–Kier alpha value is -0.630. The quantitative estimate of drug-likeness (QED) is 0.824. The van der Waals surface area contributed by atoms with Gasteiger partial charge in [-0.1, -0.05) is 47.9 Å². The molecule has 2 rings (SSSR count). The third-order valence-corrected chi connectivity index (χ3v) is 5.34. The standard InChI is InChI=1S/C12H14FN3S3/c1-3-14-7-8-4-5-10(9(13)6-8)18-12-16-15-11(17-2)19-12/h4-6,14H,3,7H2,1-2H3. The first kappa shape index (κ1) is 14.8. The second-order valence-electron chi connectivity index (χ2n) is 3.69. The summed E-state index contributed by atoms with van der Waals surface area (Å²) in [4.78, 5) is 0.587. The van der Waals surface area contributed by atoms with Gasteiger partial charge in [-0.15, -0.1) is 10.2 Å². The molecule has 3 nitrogen and oxygen atoms in total. The summed E-state index contributed by atoms with van der Waals surface area (Å²) in [5.74, 6) is -0.207. The molecule has 102 valence electrons. The summed E-state index contributed by atoms with van der Waals surface area (Å²) in [6, 6.07) is 5.30. The Morgan fingerprint density at radius 2 is 2.11 bits per heavy atom. The molecule has 0 aliphatic rings. The van der Waals surface area contributed by atoms with Crippen LogP contribution in [0.1, 0.15) is 12.5 Å². The van der Waals surface area contributed by atoms with E-state index in [1.165, 1.54) is 23.1 Å². The molecule has 7 heteroatoms. The highest BCUT2D eigenvalue weighted by Crippen LogP contribution is 2.34. The van der Waals surface area contributed by atoms with E-state index in [-0.39, 0.29) is 5.82 Å². The molecule has 0 saturated carbocycles. The van der Waals surface area contributed by atoms with Crippen LogP contribution in [0.3, 0.4) is 0 Å². The lowest BCUT2D eigenvalue weighted by Gasteiger charge is -2.05. The molecule has 0 bridgehead atoms. The van der Waals surface area contributed by atoms with Gasteiger partial charge in [-0.2, -0.15) is 0 Å². The van der Waals surface area contributed by atoms with Crippen molar-refractivity contribution in [2.45, 2.75) is 27.0 Å². The number of hydrogen-bond acceptors (Lipinski definition) is 6. The van der Waals surface area contributed by atoms with Crippen LogP contribution in [0, 0.1) is 5.82 Å². The summed E-state index contributed by atoms with van der Waals surface area (Å²) >= 11 is 4.34. The predicted molar refractivity (Wildman–Crippen MR) is 79.6 cm³/mol. The fourth-order valence-electron chi connectivity index (χ4n) is 1.42. The van der Waals surface area contributed by atoms with Crippen molar-refractivity contribution in [2.75, 3.05) is 12.8 Å². The summed E-state index contributed by atoms with van der Waals surface area (Å²) in [6.07, 6.45) is 1.95. The molecule has 19 heavy (non-hydrogen) atoms. The van der Waals surface area contributed by atoms with E-state index < -0.39 is 0 Å². The lowest BCUT2D eigenvalue weighted by molar-refractivity contribution is 0.596. The van der Waals surface area contributed by atoms with Gasteiger partial charge in [0, 0.05) is 6.54 Å². The summed E-state index contributed by atoms with van der Waals surface area (Å²) < 4.78 is 15.6. The van der Waals surface area contributed by atoms with Crippen LogP contribution in [-0.4, -0.2) is 23.0 Å². The highest BCUT2D eigenvalue weighted by atomic mass is 32.2. The minimum Gasteiger partial charge on any atom is -0.313 e. The highest BCUT2D eigenvalue weighted by molar-refractivity contribution is 8.03. The molecule has 1 aromatic carbocycles. The molecule has 0 aliphatic carbocycles. The fraction of sp³-hybridized carbons (Fsp3) is 0.333. The largest absolute Gasteiger partial charge is 0.313 e. The summed E-state index contributed by atoms with van der Waals surface area (Å²) in [7, 11) is 0. The van der Waals surface area contributed by atoms with E-state index in [9.17, 15) is 4.39 Å². The molecular formula is C12H14FN3S3. The first-order valence-corrected chi connectivity index (χ1v) is 8.63. The van der Waals surface area contributed by atoms with Gasteiger partial charge in [-0.05, 0) is 30.5 Å². The van der Waals surface area contributed by atoms with Gasteiger partial charge in [0.2, 0.25) is 0 Å². The van der Waals surface area contributed by atoms with Gasteiger partial charge < -0.3 is 5.32 Å². The first-order valence-electron chi connectivity index (χ1n) is 5.77.